The SMILES string of the molecule is CCC1=C(Br)C(Br)=NN([C@H]2CCCN(C(=O)OC(C)(C)C)C2)C1. The molecule has 0 aromatic rings. The smallest absolute Gasteiger partial charge is 0.410 e. The Balaban J connectivity index is 2.03. The average molecular weight is 451 g/mol. The fourth-order valence-corrected chi connectivity index (χ4v) is 3.74. The van der Waals surface area contributed by atoms with Crippen LogP contribution in [-0.4, -0.2) is 51.9 Å². The number of carbonyl (C=O) groups excluding carboxylic acids is 1. The number of nitrogens with zero attached hydrogens (tertiary/aromatic N) is 3. The monoisotopic (exact) mass is 449 g/mol. The number of ether oxygens (including phenoxy) is 1. The third-order valence-corrected chi connectivity index (χ3v) is 5.98. The van der Waals surface area contributed by atoms with Crippen LogP contribution in [0.2, 0.25) is 0 Å². The maximum absolute atomic E-state index is 12.3. The lowest BCUT2D eigenvalue weighted by Gasteiger charge is -2.40. The van der Waals surface area contributed by atoms with Crippen LogP contribution in [0.25, 0.3) is 0 Å². The van der Waals surface area contributed by atoms with Gasteiger partial charge in [-0.15, -0.1) is 0 Å². The maximum atomic E-state index is 12.3. The summed E-state index contributed by atoms with van der Waals surface area (Å²) in [7, 11) is 0. The van der Waals surface area contributed by atoms with Gasteiger partial charge in [0.15, 0.2) is 0 Å². The first-order chi connectivity index (χ1) is 10.7. The number of piperidine rings is 1. The first-order valence-electron chi connectivity index (χ1n) is 8.08. The van der Waals surface area contributed by atoms with Gasteiger partial charge in [-0.25, -0.2) is 4.79 Å². The van der Waals surface area contributed by atoms with E-state index in [1.807, 2.05) is 25.7 Å². The van der Waals surface area contributed by atoms with E-state index in [9.17, 15) is 4.79 Å². The standard InChI is InChI=1S/C16H25Br2N3O2/c1-5-11-9-21(19-14(18)13(11)17)12-7-6-8-20(10-12)15(22)23-16(2,3)4/h12H,5-10H2,1-4H3/t12-/m0/s1. The van der Waals surface area contributed by atoms with Crippen molar-refractivity contribution >= 4 is 42.6 Å². The van der Waals surface area contributed by atoms with Crippen LogP contribution in [0.15, 0.2) is 15.2 Å². The highest BCUT2D eigenvalue weighted by molar-refractivity contribution is 9.20. The maximum Gasteiger partial charge on any atom is 0.410 e. The van der Waals surface area contributed by atoms with E-state index >= 15 is 0 Å². The molecule has 0 spiro atoms. The number of hydrogen-bond donors (Lipinski definition) is 0. The molecule has 1 fully saturated rings. The van der Waals surface area contributed by atoms with E-state index in [4.69, 9.17) is 4.74 Å². The van der Waals surface area contributed by atoms with Crippen molar-refractivity contribution in [1.82, 2.24) is 9.91 Å². The van der Waals surface area contributed by atoms with Crippen molar-refractivity contribution in [2.45, 2.75) is 58.6 Å². The lowest BCUT2D eigenvalue weighted by atomic mass is 10.0. The zero-order valence-corrected chi connectivity index (χ0v) is 17.4. The molecule has 1 atom stereocenters. The van der Waals surface area contributed by atoms with E-state index in [1.54, 1.807) is 0 Å². The van der Waals surface area contributed by atoms with Crippen LogP contribution in [0, 0.1) is 0 Å². The predicted octanol–water partition coefficient (Wildman–Crippen LogP) is 4.47. The zero-order valence-electron chi connectivity index (χ0n) is 14.2. The van der Waals surface area contributed by atoms with E-state index < -0.39 is 5.60 Å². The molecule has 0 saturated carbocycles. The first-order valence-corrected chi connectivity index (χ1v) is 9.66. The van der Waals surface area contributed by atoms with Gasteiger partial charge in [-0.3, -0.25) is 5.01 Å². The van der Waals surface area contributed by atoms with Crippen LogP contribution in [-0.2, 0) is 4.74 Å². The van der Waals surface area contributed by atoms with Crippen molar-refractivity contribution in [3.8, 4) is 0 Å². The number of hydrazone groups is 1. The van der Waals surface area contributed by atoms with Gasteiger partial charge in [0.2, 0.25) is 0 Å². The number of halogens is 2. The molecule has 7 heteroatoms. The number of allylic oxidation sites excluding steroid dienone is 1. The average Bonchev–Trinajstić information content (AvgIpc) is 2.48. The van der Waals surface area contributed by atoms with E-state index in [1.165, 1.54) is 5.57 Å². The Kier molecular flexibility index (Phi) is 6.16. The third kappa shape index (κ3) is 4.95. The molecule has 0 aliphatic carbocycles. The molecule has 0 aromatic carbocycles. The predicted molar refractivity (Wildman–Crippen MR) is 100 cm³/mol. The van der Waals surface area contributed by atoms with Crippen LogP contribution < -0.4 is 0 Å². The Bertz CT molecular complexity index is 526. The summed E-state index contributed by atoms with van der Waals surface area (Å²) in [5.41, 5.74) is 0.862. The number of hydrogen-bond acceptors (Lipinski definition) is 4. The second-order valence-corrected chi connectivity index (χ2v) is 8.53. The highest BCUT2D eigenvalue weighted by Crippen LogP contribution is 2.29. The van der Waals surface area contributed by atoms with E-state index in [0.717, 1.165) is 41.5 Å². The van der Waals surface area contributed by atoms with Crippen molar-refractivity contribution < 1.29 is 9.53 Å². The Morgan fingerprint density at radius 1 is 1.39 bits per heavy atom. The Hall–Kier alpha value is -0.560. The molecule has 2 aliphatic rings. The summed E-state index contributed by atoms with van der Waals surface area (Å²) in [5, 5.41) is 6.74. The van der Waals surface area contributed by atoms with Crippen LogP contribution in [0.1, 0.15) is 47.0 Å². The first kappa shape index (κ1) is 18.8. The van der Waals surface area contributed by atoms with Crippen molar-refractivity contribution in [2.24, 2.45) is 5.10 Å². The van der Waals surface area contributed by atoms with Crippen LogP contribution >= 0.6 is 31.9 Å². The number of carbonyl (C=O) groups is 1. The highest BCUT2D eigenvalue weighted by Gasteiger charge is 2.32. The Morgan fingerprint density at radius 3 is 2.70 bits per heavy atom. The highest BCUT2D eigenvalue weighted by atomic mass is 79.9. The number of amides is 1. The molecule has 0 radical (unpaired) electrons. The van der Waals surface area contributed by atoms with Gasteiger partial charge < -0.3 is 9.64 Å². The lowest BCUT2D eigenvalue weighted by molar-refractivity contribution is 0.0114. The van der Waals surface area contributed by atoms with Crippen molar-refractivity contribution in [3.05, 3.63) is 10.1 Å². The van der Waals surface area contributed by atoms with Gasteiger partial charge in [0.05, 0.1) is 17.1 Å². The fraction of sp³-hybridized carbons (Fsp3) is 0.750. The molecule has 23 heavy (non-hydrogen) atoms. The largest absolute Gasteiger partial charge is 0.444 e. The minimum atomic E-state index is -0.459. The summed E-state index contributed by atoms with van der Waals surface area (Å²) in [5.74, 6) is 0. The minimum absolute atomic E-state index is 0.227. The lowest BCUT2D eigenvalue weighted by Crippen LogP contribution is -2.50. The molecule has 2 aliphatic heterocycles. The molecule has 0 unspecified atom stereocenters. The fourth-order valence-electron chi connectivity index (χ4n) is 2.77. The third-order valence-electron chi connectivity index (χ3n) is 3.96. The number of likely N-dealkylation sites (tertiary alicyclic amines) is 1. The summed E-state index contributed by atoms with van der Waals surface area (Å²) in [6.07, 6.45) is 2.76. The van der Waals surface area contributed by atoms with Crippen molar-refractivity contribution in [3.63, 3.8) is 0 Å². The second-order valence-electron chi connectivity index (χ2n) is 6.98. The molecular weight excluding hydrogens is 426 g/mol. The van der Waals surface area contributed by atoms with Crippen LogP contribution in [0.3, 0.4) is 0 Å². The van der Waals surface area contributed by atoms with Gasteiger partial charge in [0.25, 0.3) is 0 Å². The van der Waals surface area contributed by atoms with E-state index in [-0.39, 0.29) is 12.1 Å². The quantitative estimate of drug-likeness (QED) is 0.623. The Morgan fingerprint density at radius 2 is 2.09 bits per heavy atom. The normalized spacial score (nSPS) is 23.0. The minimum Gasteiger partial charge on any atom is -0.444 e. The van der Waals surface area contributed by atoms with Gasteiger partial charge in [-0.1, -0.05) is 6.92 Å². The van der Waals surface area contributed by atoms with Gasteiger partial charge in [0, 0.05) is 13.1 Å². The molecule has 2 heterocycles. The van der Waals surface area contributed by atoms with Gasteiger partial charge in [-0.05, 0) is 77.5 Å². The summed E-state index contributed by atoms with van der Waals surface area (Å²) in [6, 6.07) is 0.228. The van der Waals surface area contributed by atoms with Gasteiger partial charge in [0.1, 0.15) is 10.2 Å². The summed E-state index contributed by atoms with van der Waals surface area (Å²) in [4.78, 5) is 14.1. The molecular formula is C16H25Br2N3O2. The molecule has 0 aromatic heterocycles. The summed E-state index contributed by atoms with van der Waals surface area (Å²) < 4.78 is 7.38. The van der Waals surface area contributed by atoms with E-state index in [2.05, 4.69) is 48.9 Å². The Labute approximate surface area is 155 Å². The zero-order chi connectivity index (χ0) is 17.2. The molecule has 2 rings (SSSR count). The van der Waals surface area contributed by atoms with Crippen molar-refractivity contribution in [1.29, 1.82) is 0 Å². The molecule has 130 valence electrons. The van der Waals surface area contributed by atoms with Crippen molar-refractivity contribution in [2.75, 3.05) is 19.6 Å². The van der Waals surface area contributed by atoms with Gasteiger partial charge in [-0.2, -0.15) is 5.10 Å². The van der Waals surface area contributed by atoms with Crippen LogP contribution in [0.4, 0.5) is 4.79 Å². The molecule has 0 bridgehead atoms. The van der Waals surface area contributed by atoms with Crippen LogP contribution in [0.5, 0.6) is 0 Å². The van der Waals surface area contributed by atoms with Gasteiger partial charge >= 0.3 is 6.09 Å². The number of rotatable bonds is 2. The topological polar surface area (TPSA) is 45.1 Å². The summed E-state index contributed by atoms with van der Waals surface area (Å²) >= 11 is 7.11. The molecule has 1 amide bonds. The molecule has 5 nitrogen and oxygen atoms in total. The summed E-state index contributed by atoms with van der Waals surface area (Å²) in [6.45, 7) is 10.1. The molecule has 0 N–H and O–H groups in total. The second kappa shape index (κ2) is 7.55. The van der Waals surface area contributed by atoms with E-state index in [0.29, 0.717) is 6.54 Å². The molecule has 1 saturated heterocycles.